The zero-order valence-corrected chi connectivity index (χ0v) is 13.5. The molecule has 23 heavy (non-hydrogen) atoms. The largest absolute Gasteiger partial charge is 0.469 e. The van der Waals surface area contributed by atoms with Crippen LogP contribution in [0.15, 0.2) is 18.3 Å². The topological polar surface area (TPSA) is 60.4 Å². The first-order valence-corrected chi connectivity index (χ1v) is 8.49. The Morgan fingerprint density at radius 3 is 3.09 bits per heavy atom. The first-order valence-electron chi connectivity index (χ1n) is 7.68. The van der Waals surface area contributed by atoms with Gasteiger partial charge in [-0.3, -0.25) is 0 Å². The zero-order valence-electron chi connectivity index (χ0n) is 12.7. The van der Waals surface area contributed by atoms with Crippen molar-refractivity contribution in [1.29, 1.82) is 0 Å². The van der Waals surface area contributed by atoms with Crippen LogP contribution < -0.4 is 9.64 Å². The van der Waals surface area contributed by atoms with Crippen LogP contribution in [0.25, 0.3) is 0 Å². The summed E-state index contributed by atoms with van der Waals surface area (Å²) in [6, 6.07) is 3.09. The van der Waals surface area contributed by atoms with Crippen molar-refractivity contribution < 1.29 is 13.9 Å². The van der Waals surface area contributed by atoms with Crippen LogP contribution in [-0.4, -0.2) is 46.6 Å². The van der Waals surface area contributed by atoms with Gasteiger partial charge in [-0.05, 0) is 31.9 Å². The van der Waals surface area contributed by atoms with Gasteiger partial charge in [-0.1, -0.05) is 11.3 Å². The first kappa shape index (κ1) is 14.8. The van der Waals surface area contributed by atoms with E-state index in [1.54, 1.807) is 17.4 Å². The monoisotopic (exact) mass is 336 g/mol. The van der Waals surface area contributed by atoms with Crippen molar-refractivity contribution in [3.05, 3.63) is 29.2 Å². The predicted octanol–water partition coefficient (Wildman–Crippen LogP) is 2.20. The minimum absolute atomic E-state index is 0.0469. The second kappa shape index (κ2) is 6.01. The van der Waals surface area contributed by atoms with Crippen molar-refractivity contribution in [2.75, 3.05) is 18.1 Å². The van der Waals surface area contributed by atoms with E-state index in [0.29, 0.717) is 6.61 Å². The molecule has 8 heteroatoms. The van der Waals surface area contributed by atoms with Gasteiger partial charge >= 0.3 is 0 Å². The molecule has 3 atom stereocenters. The van der Waals surface area contributed by atoms with Crippen LogP contribution in [0.2, 0.25) is 0 Å². The molecule has 6 nitrogen and oxygen atoms in total. The minimum Gasteiger partial charge on any atom is -0.469 e. The van der Waals surface area contributed by atoms with Crippen LogP contribution in [0.3, 0.4) is 0 Å². The van der Waals surface area contributed by atoms with Gasteiger partial charge in [0.25, 0.3) is 5.88 Å². The van der Waals surface area contributed by atoms with Gasteiger partial charge in [0, 0.05) is 12.7 Å². The van der Waals surface area contributed by atoms with E-state index in [2.05, 4.69) is 20.1 Å². The van der Waals surface area contributed by atoms with Gasteiger partial charge < -0.3 is 14.4 Å². The molecule has 2 aliphatic rings. The Bertz CT molecular complexity index is 698. The quantitative estimate of drug-likeness (QED) is 0.856. The molecule has 1 saturated heterocycles. The standard InChI is InChI=1S/C15H17FN4O2S/c1-9-18-19-15(23-9)20-7-8-21-13-11(20)4-5-12(13)22-14-10(16)3-2-6-17-14/h2-3,6,11-13H,4-5,7-8H2,1H3/t11-,12+,13+/m0/s1. The molecule has 0 aromatic carbocycles. The summed E-state index contributed by atoms with van der Waals surface area (Å²) in [6.07, 6.45) is 2.96. The minimum atomic E-state index is -0.441. The highest BCUT2D eigenvalue weighted by molar-refractivity contribution is 7.15. The van der Waals surface area contributed by atoms with Crippen molar-refractivity contribution in [1.82, 2.24) is 15.2 Å². The molecule has 2 aromatic heterocycles. The number of aromatic nitrogens is 3. The lowest BCUT2D eigenvalue weighted by Crippen LogP contribution is -2.52. The summed E-state index contributed by atoms with van der Waals surface area (Å²) in [6.45, 7) is 3.34. The Morgan fingerprint density at radius 2 is 2.30 bits per heavy atom. The molecule has 122 valence electrons. The predicted molar refractivity (Wildman–Crippen MR) is 83.4 cm³/mol. The van der Waals surface area contributed by atoms with E-state index < -0.39 is 5.82 Å². The van der Waals surface area contributed by atoms with Gasteiger partial charge in [0.05, 0.1) is 12.6 Å². The van der Waals surface area contributed by atoms with E-state index in [4.69, 9.17) is 9.47 Å². The molecular weight excluding hydrogens is 319 g/mol. The van der Waals surface area contributed by atoms with Crippen LogP contribution in [0.4, 0.5) is 9.52 Å². The molecule has 2 fully saturated rings. The van der Waals surface area contributed by atoms with Gasteiger partial charge in [0.2, 0.25) is 5.13 Å². The number of hydrogen-bond acceptors (Lipinski definition) is 7. The summed E-state index contributed by atoms with van der Waals surface area (Å²) >= 11 is 1.59. The SMILES string of the molecule is Cc1nnc(N2CCO[C@H]3[C@H](Oc4ncccc4F)CC[C@@H]32)s1. The third-order valence-electron chi connectivity index (χ3n) is 4.28. The highest BCUT2D eigenvalue weighted by Gasteiger charge is 2.45. The smallest absolute Gasteiger partial charge is 0.250 e. The number of fused-ring (bicyclic) bond motifs is 1. The van der Waals surface area contributed by atoms with Crippen molar-refractivity contribution in [2.24, 2.45) is 0 Å². The van der Waals surface area contributed by atoms with Crippen LogP contribution >= 0.6 is 11.3 Å². The van der Waals surface area contributed by atoms with E-state index in [9.17, 15) is 4.39 Å². The lowest BCUT2D eigenvalue weighted by atomic mass is 10.1. The van der Waals surface area contributed by atoms with Crippen LogP contribution in [-0.2, 0) is 4.74 Å². The van der Waals surface area contributed by atoms with E-state index in [1.807, 2.05) is 6.92 Å². The fourth-order valence-corrected chi connectivity index (χ4v) is 4.05. The molecule has 1 aliphatic heterocycles. The van der Waals surface area contributed by atoms with E-state index in [-0.39, 0.29) is 24.1 Å². The molecule has 2 aromatic rings. The molecule has 0 N–H and O–H groups in total. The highest BCUT2D eigenvalue weighted by atomic mass is 32.1. The van der Waals surface area contributed by atoms with Crippen molar-refractivity contribution >= 4 is 16.5 Å². The number of nitrogens with zero attached hydrogens (tertiary/aromatic N) is 4. The normalized spacial score (nSPS) is 27.0. The second-order valence-electron chi connectivity index (χ2n) is 5.72. The summed E-state index contributed by atoms with van der Waals surface area (Å²) < 4.78 is 25.5. The summed E-state index contributed by atoms with van der Waals surface area (Å²) in [5.74, 6) is -0.394. The number of halogens is 1. The maximum absolute atomic E-state index is 13.8. The number of pyridine rings is 1. The van der Waals surface area contributed by atoms with Crippen LogP contribution in [0, 0.1) is 12.7 Å². The molecule has 1 aliphatic carbocycles. The Labute approximate surface area is 137 Å². The summed E-state index contributed by atoms with van der Waals surface area (Å²) in [5, 5.41) is 10.2. The molecule has 1 saturated carbocycles. The average Bonchev–Trinajstić information content (AvgIpc) is 3.16. The molecule has 4 rings (SSSR count). The van der Waals surface area contributed by atoms with Crippen molar-refractivity contribution in [3.63, 3.8) is 0 Å². The zero-order chi connectivity index (χ0) is 15.8. The number of morpholine rings is 1. The fourth-order valence-electron chi connectivity index (χ4n) is 3.28. The third kappa shape index (κ3) is 2.76. The first-order chi connectivity index (χ1) is 11.2. The summed E-state index contributed by atoms with van der Waals surface area (Å²) in [5.41, 5.74) is 0. The molecule has 3 heterocycles. The Kier molecular flexibility index (Phi) is 3.86. The van der Waals surface area contributed by atoms with Crippen molar-refractivity contribution in [3.8, 4) is 5.88 Å². The highest BCUT2D eigenvalue weighted by Crippen LogP contribution is 2.36. The van der Waals surface area contributed by atoms with Gasteiger partial charge in [-0.2, -0.15) is 0 Å². The van der Waals surface area contributed by atoms with E-state index >= 15 is 0 Å². The lowest BCUT2D eigenvalue weighted by Gasteiger charge is -2.38. The Hall–Kier alpha value is -1.80. The molecule has 0 unspecified atom stereocenters. The van der Waals surface area contributed by atoms with Crippen molar-refractivity contribution in [2.45, 2.75) is 38.0 Å². The number of rotatable bonds is 3. The maximum atomic E-state index is 13.8. The van der Waals surface area contributed by atoms with Gasteiger partial charge in [0.15, 0.2) is 5.82 Å². The van der Waals surface area contributed by atoms with Gasteiger partial charge in [-0.25, -0.2) is 9.37 Å². The molecular formula is C15H17FN4O2S. The number of anilines is 1. The lowest BCUT2D eigenvalue weighted by molar-refractivity contribution is -0.0329. The maximum Gasteiger partial charge on any atom is 0.250 e. The van der Waals surface area contributed by atoms with E-state index in [1.165, 1.54) is 12.3 Å². The molecule has 0 spiro atoms. The fraction of sp³-hybridized carbons (Fsp3) is 0.533. The van der Waals surface area contributed by atoms with E-state index in [0.717, 1.165) is 29.5 Å². The van der Waals surface area contributed by atoms with Gasteiger partial charge in [-0.15, -0.1) is 10.2 Å². The second-order valence-corrected chi connectivity index (χ2v) is 6.88. The average molecular weight is 336 g/mol. The summed E-state index contributed by atoms with van der Waals surface area (Å²) in [4.78, 5) is 6.22. The van der Waals surface area contributed by atoms with Crippen LogP contribution in [0.5, 0.6) is 5.88 Å². The number of ether oxygens (including phenoxy) is 2. The molecule has 0 amide bonds. The number of aryl methyl sites for hydroxylation is 1. The Morgan fingerprint density at radius 1 is 1.39 bits per heavy atom. The summed E-state index contributed by atoms with van der Waals surface area (Å²) in [7, 11) is 0. The Balaban J connectivity index is 1.52. The molecule has 0 bridgehead atoms. The van der Waals surface area contributed by atoms with Gasteiger partial charge in [0.1, 0.15) is 17.2 Å². The third-order valence-corrected chi connectivity index (χ3v) is 5.16. The van der Waals surface area contributed by atoms with Crippen LogP contribution in [0.1, 0.15) is 17.8 Å². The number of hydrogen-bond donors (Lipinski definition) is 0. The molecule has 0 radical (unpaired) electrons.